The summed E-state index contributed by atoms with van der Waals surface area (Å²) in [6.07, 6.45) is -3.01. The zero-order valence-electron chi connectivity index (χ0n) is 14.6. The van der Waals surface area contributed by atoms with Crippen LogP contribution in [0.3, 0.4) is 0 Å². The lowest BCUT2D eigenvalue weighted by molar-refractivity contribution is -0.136. The largest absolute Gasteiger partial charge is 0.495 e. The Kier molecular flexibility index (Phi) is 5.16. The molecule has 3 aromatic rings. The summed E-state index contributed by atoms with van der Waals surface area (Å²) in [5.74, 6) is 1.06. The number of hydrogen-bond donors (Lipinski definition) is 2. The number of nitrogens with zero attached hydrogens (tertiary/aromatic N) is 2. The van der Waals surface area contributed by atoms with Crippen molar-refractivity contribution in [3.05, 3.63) is 65.9 Å². The van der Waals surface area contributed by atoms with Gasteiger partial charge in [-0.3, -0.25) is 0 Å². The van der Waals surface area contributed by atoms with E-state index in [1.165, 1.54) is 30.5 Å². The Morgan fingerprint density at radius 1 is 0.963 bits per heavy atom. The van der Waals surface area contributed by atoms with Gasteiger partial charge < -0.3 is 15.4 Å². The van der Waals surface area contributed by atoms with Crippen molar-refractivity contribution in [1.82, 2.24) is 9.97 Å². The number of para-hydroxylation sites is 1. The SMILES string of the molecule is COc1ccc(C)cc1Nc1nccc(Nc2ccccc2C(F)(F)F)n1. The minimum atomic E-state index is -4.47. The Morgan fingerprint density at radius 3 is 2.48 bits per heavy atom. The predicted molar refractivity (Wildman–Crippen MR) is 97.8 cm³/mol. The Balaban J connectivity index is 1.87. The van der Waals surface area contributed by atoms with Gasteiger partial charge in [-0.05, 0) is 42.8 Å². The maximum Gasteiger partial charge on any atom is 0.418 e. The second-order valence-corrected chi connectivity index (χ2v) is 5.76. The van der Waals surface area contributed by atoms with Gasteiger partial charge in [-0.15, -0.1) is 0 Å². The summed E-state index contributed by atoms with van der Waals surface area (Å²) < 4.78 is 44.7. The van der Waals surface area contributed by atoms with Crippen LogP contribution in [0.5, 0.6) is 5.75 Å². The van der Waals surface area contributed by atoms with Crippen molar-refractivity contribution in [2.75, 3.05) is 17.7 Å². The molecule has 0 aliphatic rings. The van der Waals surface area contributed by atoms with Crippen LogP contribution in [0.4, 0.5) is 36.3 Å². The zero-order valence-corrected chi connectivity index (χ0v) is 14.6. The number of ether oxygens (including phenoxy) is 1. The molecule has 0 radical (unpaired) electrons. The number of anilines is 4. The lowest BCUT2D eigenvalue weighted by Crippen LogP contribution is -2.09. The highest BCUT2D eigenvalue weighted by Gasteiger charge is 2.33. The number of benzene rings is 2. The molecule has 1 aromatic heterocycles. The van der Waals surface area contributed by atoms with Crippen molar-refractivity contribution >= 4 is 23.1 Å². The summed E-state index contributed by atoms with van der Waals surface area (Å²) in [6, 6.07) is 12.3. The summed E-state index contributed by atoms with van der Waals surface area (Å²) in [5, 5.41) is 5.73. The first kappa shape index (κ1) is 18.5. The van der Waals surface area contributed by atoms with E-state index < -0.39 is 11.7 Å². The second-order valence-electron chi connectivity index (χ2n) is 5.76. The van der Waals surface area contributed by atoms with E-state index in [0.29, 0.717) is 11.4 Å². The van der Waals surface area contributed by atoms with Crippen molar-refractivity contribution in [1.29, 1.82) is 0 Å². The molecule has 0 aliphatic heterocycles. The van der Waals surface area contributed by atoms with Crippen LogP contribution >= 0.6 is 0 Å². The van der Waals surface area contributed by atoms with Crippen LogP contribution in [0.1, 0.15) is 11.1 Å². The molecule has 1 heterocycles. The van der Waals surface area contributed by atoms with E-state index in [-0.39, 0.29) is 17.5 Å². The Hall–Kier alpha value is -3.29. The molecule has 8 heteroatoms. The van der Waals surface area contributed by atoms with E-state index in [2.05, 4.69) is 20.6 Å². The highest BCUT2D eigenvalue weighted by atomic mass is 19.4. The first-order chi connectivity index (χ1) is 12.9. The van der Waals surface area contributed by atoms with Gasteiger partial charge in [0.1, 0.15) is 11.6 Å². The summed E-state index contributed by atoms with van der Waals surface area (Å²) >= 11 is 0. The molecule has 0 atom stereocenters. The number of aryl methyl sites for hydroxylation is 1. The summed E-state index contributed by atoms with van der Waals surface area (Å²) in [4.78, 5) is 8.35. The van der Waals surface area contributed by atoms with Crippen LogP contribution in [-0.2, 0) is 6.18 Å². The smallest absolute Gasteiger partial charge is 0.418 e. The number of nitrogens with one attached hydrogen (secondary N) is 2. The molecule has 3 rings (SSSR count). The molecule has 0 saturated carbocycles. The second kappa shape index (κ2) is 7.53. The van der Waals surface area contributed by atoms with E-state index >= 15 is 0 Å². The highest BCUT2D eigenvalue weighted by Crippen LogP contribution is 2.35. The van der Waals surface area contributed by atoms with Crippen LogP contribution in [0, 0.1) is 6.92 Å². The van der Waals surface area contributed by atoms with Crippen molar-refractivity contribution < 1.29 is 17.9 Å². The fourth-order valence-electron chi connectivity index (χ4n) is 2.51. The third-order valence-electron chi connectivity index (χ3n) is 3.75. The molecular weight excluding hydrogens is 357 g/mol. The maximum absolute atomic E-state index is 13.1. The number of halogens is 3. The number of hydrogen-bond acceptors (Lipinski definition) is 5. The lowest BCUT2D eigenvalue weighted by Gasteiger charge is -2.15. The number of methoxy groups -OCH3 is 1. The van der Waals surface area contributed by atoms with Crippen LogP contribution in [0.2, 0.25) is 0 Å². The van der Waals surface area contributed by atoms with Crippen LogP contribution < -0.4 is 15.4 Å². The summed E-state index contributed by atoms with van der Waals surface area (Å²) in [5.41, 5.74) is 0.818. The van der Waals surface area contributed by atoms with Gasteiger partial charge in [0.25, 0.3) is 0 Å². The monoisotopic (exact) mass is 374 g/mol. The molecule has 0 saturated heterocycles. The van der Waals surface area contributed by atoms with Crippen LogP contribution in [0.15, 0.2) is 54.7 Å². The average molecular weight is 374 g/mol. The third kappa shape index (κ3) is 4.46. The number of rotatable bonds is 5. The first-order valence-corrected chi connectivity index (χ1v) is 8.05. The molecule has 2 N–H and O–H groups in total. The molecule has 27 heavy (non-hydrogen) atoms. The molecule has 0 aliphatic carbocycles. The molecule has 0 bridgehead atoms. The molecule has 0 fully saturated rings. The zero-order chi connectivity index (χ0) is 19.4. The maximum atomic E-state index is 13.1. The van der Waals surface area contributed by atoms with Gasteiger partial charge in [0, 0.05) is 6.20 Å². The summed E-state index contributed by atoms with van der Waals surface area (Å²) in [7, 11) is 1.54. The highest BCUT2D eigenvalue weighted by molar-refractivity contribution is 5.66. The van der Waals surface area contributed by atoms with Crippen molar-refractivity contribution in [3.63, 3.8) is 0 Å². The molecule has 0 amide bonds. The average Bonchev–Trinajstić information content (AvgIpc) is 2.62. The van der Waals surface area contributed by atoms with E-state index in [4.69, 9.17) is 4.74 Å². The molecule has 5 nitrogen and oxygen atoms in total. The van der Waals surface area contributed by atoms with Crippen molar-refractivity contribution in [3.8, 4) is 5.75 Å². The normalized spacial score (nSPS) is 11.1. The van der Waals surface area contributed by atoms with Gasteiger partial charge in [-0.2, -0.15) is 18.2 Å². The van der Waals surface area contributed by atoms with Crippen molar-refractivity contribution in [2.45, 2.75) is 13.1 Å². The van der Waals surface area contributed by atoms with Crippen LogP contribution in [-0.4, -0.2) is 17.1 Å². The van der Waals surface area contributed by atoms with Crippen LogP contribution in [0.25, 0.3) is 0 Å². The van der Waals surface area contributed by atoms with E-state index in [1.54, 1.807) is 13.2 Å². The Morgan fingerprint density at radius 2 is 1.74 bits per heavy atom. The standard InChI is InChI=1S/C19H17F3N4O/c1-12-7-8-16(27-2)15(11-12)25-18-23-10-9-17(26-18)24-14-6-4-3-5-13(14)19(20,21)22/h3-11H,1-2H3,(H2,23,24,25,26). The van der Waals surface area contributed by atoms with E-state index in [1.807, 2.05) is 19.1 Å². The number of alkyl halides is 3. The predicted octanol–water partition coefficient (Wildman–Crippen LogP) is 5.30. The van der Waals surface area contributed by atoms with Gasteiger partial charge in [0.2, 0.25) is 5.95 Å². The topological polar surface area (TPSA) is 59.1 Å². The molecule has 2 aromatic carbocycles. The third-order valence-corrected chi connectivity index (χ3v) is 3.75. The van der Waals surface area contributed by atoms with Gasteiger partial charge in [0.05, 0.1) is 24.0 Å². The number of aromatic nitrogens is 2. The molecule has 140 valence electrons. The fourth-order valence-corrected chi connectivity index (χ4v) is 2.51. The van der Waals surface area contributed by atoms with Gasteiger partial charge in [-0.1, -0.05) is 18.2 Å². The lowest BCUT2D eigenvalue weighted by atomic mass is 10.1. The molecule has 0 unspecified atom stereocenters. The van der Waals surface area contributed by atoms with Gasteiger partial charge in [-0.25, -0.2) is 4.98 Å². The molecule has 0 spiro atoms. The van der Waals surface area contributed by atoms with Gasteiger partial charge in [0.15, 0.2) is 0 Å². The first-order valence-electron chi connectivity index (χ1n) is 8.05. The Labute approximate surface area is 154 Å². The summed E-state index contributed by atoms with van der Waals surface area (Å²) in [6.45, 7) is 1.93. The van der Waals surface area contributed by atoms with E-state index in [9.17, 15) is 13.2 Å². The van der Waals surface area contributed by atoms with E-state index in [0.717, 1.165) is 11.6 Å². The fraction of sp³-hybridized carbons (Fsp3) is 0.158. The minimum absolute atomic E-state index is 0.0808. The van der Waals surface area contributed by atoms with Gasteiger partial charge >= 0.3 is 6.18 Å². The minimum Gasteiger partial charge on any atom is -0.495 e. The molecular formula is C19H17F3N4O. The van der Waals surface area contributed by atoms with Crippen molar-refractivity contribution in [2.24, 2.45) is 0 Å². The Bertz CT molecular complexity index is 944. The quantitative estimate of drug-likeness (QED) is 0.635.